The molecule has 0 amide bonds. The molecule has 1 aromatic carbocycles. The van der Waals surface area contributed by atoms with Crippen molar-refractivity contribution < 1.29 is 14.2 Å². The summed E-state index contributed by atoms with van der Waals surface area (Å²) in [5.74, 6) is 2.89. The van der Waals surface area contributed by atoms with Gasteiger partial charge < -0.3 is 24.8 Å². The van der Waals surface area contributed by atoms with Crippen molar-refractivity contribution in [2.75, 3.05) is 34.4 Å². The molecular formula is C18H25IN4O3. The summed E-state index contributed by atoms with van der Waals surface area (Å²) in [5.41, 5.74) is 0.961. The number of nitrogens with zero attached hydrogens (tertiary/aromatic N) is 2. The van der Waals surface area contributed by atoms with E-state index >= 15 is 0 Å². The van der Waals surface area contributed by atoms with Crippen LogP contribution >= 0.6 is 24.0 Å². The van der Waals surface area contributed by atoms with Gasteiger partial charge in [0.05, 0.1) is 20.8 Å². The average Bonchev–Trinajstić information content (AvgIpc) is 2.68. The highest BCUT2D eigenvalue weighted by Crippen LogP contribution is 2.16. The predicted molar refractivity (Wildman–Crippen MR) is 113 cm³/mol. The molecule has 0 fully saturated rings. The zero-order valence-electron chi connectivity index (χ0n) is 15.2. The zero-order chi connectivity index (χ0) is 17.9. The Labute approximate surface area is 171 Å². The molecule has 2 N–H and O–H groups in total. The fourth-order valence-electron chi connectivity index (χ4n) is 2.15. The van der Waals surface area contributed by atoms with Gasteiger partial charge in [0.15, 0.2) is 5.96 Å². The van der Waals surface area contributed by atoms with E-state index in [1.54, 1.807) is 27.5 Å². The molecule has 0 saturated carbocycles. The van der Waals surface area contributed by atoms with E-state index in [0.29, 0.717) is 31.5 Å². The molecule has 0 saturated heterocycles. The van der Waals surface area contributed by atoms with Crippen molar-refractivity contribution in [3.8, 4) is 17.4 Å². The lowest BCUT2D eigenvalue weighted by atomic mass is 10.3. The summed E-state index contributed by atoms with van der Waals surface area (Å²) >= 11 is 0. The average molecular weight is 472 g/mol. The smallest absolute Gasteiger partial charge is 0.218 e. The highest BCUT2D eigenvalue weighted by atomic mass is 127. The molecule has 0 atom stereocenters. The van der Waals surface area contributed by atoms with Gasteiger partial charge in [-0.2, -0.15) is 0 Å². The van der Waals surface area contributed by atoms with E-state index in [-0.39, 0.29) is 24.0 Å². The summed E-state index contributed by atoms with van der Waals surface area (Å²) in [7, 11) is 4.97. The van der Waals surface area contributed by atoms with Gasteiger partial charge in [0, 0.05) is 25.4 Å². The predicted octanol–water partition coefficient (Wildman–Crippen LogP) is 2.46. The number of aromatic nitrogens is 1. The van der Waals surface area contributed by atoms with Crippen LogP contribution in [0, 0.1) is 0 Å². The lowest BCUT2D eigenvalue weighted by Crippen LogP contribution is -2.38. The Bertz CT molecular complexity index is 680. The topological polar surface area (TPSA) is 77.0 Å². The Morgan fingerprint density at radius 3 is 2.42 bits per heavy atom. The Balaban J connectivity index is 0.00000338. The molecular weight excluding hydrogens is 447 g/mol. The molecule has 2 rings (SSSR count). The summed E-state index contributed by atoms with van der Waals surface area (Å²) in [6.07, 6.45) is 1.70. The van der Waals surface area contributed by atoms with E-state index < -0.39 is 0 Å². The molecule has 2 aromatic rings. The van der Waals surface area contributed by atoms with E-state index in [9.17, 15) is 0 Å². The number of hydrogen-bond acceptors (Lipinski definition) is 5. The van der Waals surface area contributed by atoms with Gasteiger partial charge in [-0.25, -0.2) is 4.98 Å². The maximum Gasteiger partial charge on any atom is 0.218 e. The highest BCUT2D eigenvalue weighted by Gasteiger charge is 2.04. The Hall–Kier alpha value is -2.23. The third-order valence-electron chi connectivity index (χ3n) is 3.44. The molecule has 7 nitrogen and oxygen atoms in total. The van der Waals surface area contributed by atoms with Crippen LogP contribution in [0.15, 0.2) is 47.6 Å². The summed E-state index contributed by atoms with van der Waals surface area (Å²) in [5, 5.41) is 6.42. The number of methoxy groups -OCH3 is 2. The molecule has 0 aliphatic heterocycles. The maximum atomic E-state index is 5.67. The number of rotatable bonds is 8. The van der Waals surface area contributed by atoms with Crippen LogP contribution in [0.2, 0.25) is 0 Å². The number of nitrogens with one attached hydrogen (secondary N) is 2. The van der Waals surface area contributed by atoms with Crippen molar-refractivity contribution in [3.63, 3.8) is 0 Å². The fraction of sp³-hybridized carbons (Fsp3) is 0.333. The largest absolute Gasteiger partial charge is 0.497 e. The zero-order valence-corrected chi connectivity index (χ0v) is 17.5. The van der Waals surface area contributed by atoms with Gasteiger partial charge in [-0.3, -0.25) is 4.99 Å². The van der Waals surface area contributed by atoms with Crippen LogP contribution in [0.3, 0.4) is 0 Å². The van der Waals surface area contributed by atoms with Gasteiger partial charge in [-0.1, -0.05) is 6.07 Å². The van der Waals surface area contributed by atoms with Crippen molar-refractivity contribution in [1.29, 1.82) is 0 Å². The standard InChI is InChI=1S/C18H24N4O3.HI/c1-19-18(22-13-14-5-4-10-20-17(14)24-3)21-11-12-25-16-8-6-15(23-2)7-9-16;/h4-10H,11-13H2,1-3H3,(H2,19,21,22);1H. The van der Waals surface area contributed by atoms with Crippen molar-refractivity contribution in [1.82, 2.24) is 15.6 Å². The third-order valence-corrected chi connectivity index (χ3v) is 3.44. The first-order valence-electron chi connectivity index (χ1n) is 7.96. The van der Waals surface area contributed by atoms with Crippen molar-refractivity contribution >= 4 is 29.9 Å². The van der Waals surface area contributed by atoms with Crippen LogP contribution in [0.1, 0.15) is 5.56 Å². The molecule has 0 radical (unpaired) electrons. The van der Waals surface area contributed by atoms with Crippen LogP contribution in [0.25, 0.3) is 0 Å². The monoisotopic (exact) mass is 472 g/mol. The number of halogens is 1. The second-order valence-electron chi connectivity index (χ2n) is 5.05. The van der Waals surface area contributed by atoms with Crippen LogP contribution in [0.5, 0.6) is 17.4 Å². The van der Waals surface area contributed by atoms with Gasteiger partial charge in [0.25, 0.3) is 0 Å². The summed E-state index contributed by atoms with van der Waals surface area (Å²) in [4.78, 5) is 8.36. The van der Waals surface area contributed by atoms with Crippen LogP contribution in [-0.2, 0) is 6.54 Å². The van der Waals surface area contributed by atoms with Crippen LogP contribution in [-0.4, -0.2) is 45.4 Å². The maximum absolute atomic E-state index is 5.67. The number of guanidine groups is 1. The summed E-state index contributed by atoms with van der Waals surface area (Å²) < 4.78 is 16.0. The molecule has 142 valence electrons. The van der Waals surface area contributed by atoms with E-state index in [4.69, 9.17) is 14.2 Å². The normalized spacial score (nSPS) is 10.5. The van der Waals surface area contributed by atoms with E-state index in [1.807, 2.05) is 36.4 Å². The third kappa shape index (κ3) is 6.95. The quantitative estimate of drug-likeness (QED) is 0.266. The van der Waals surface area contributed by atoms with Gasteiger partial charge in [0.2, 0.25) is 5.88 Å². The van der Waals surface area contributed by atoms with Crippen LogP contribution in [0.4, 0.5) is 0 Å². The first-order valence-corrected chi connectivity index (χ1v) is 7.96. The first kappa shape index (κ1) is 21.8. The SMILES string of the molecule is CN=C(NCCOc1ccc(OC)cc1)NCc1cccnc1OC.I. The molecule has 0 unspecified atom stereocenters. The second-order valence-corrected chi connectivity index (χ2v) is 5.05. The Kier molecular flexibility index (Phi) is 10.2. The van der Waals surface area contributed by atoms with E-state index in [2.05, 4.69) is 20.6 Å². The van der Waals surface area contributed by atoms with Crippen molar-refractivity contribution in [3.05, 3.63) is 48.2 Å². The van der Waals surface area contributed by atoms with Crippen molar-refractivity contribution in [2.24, 2.45) is 4.99 Å². The van der Waals surface area contributed by atoms with E-state index in [0.717, 1.165) is 17.1 Å². The lowest BCUT2D eigenvalue weighted by molar-refractivity contribution is 0.321. The van der Waals surface area contributed by atoms with Crippen molar-refractivity contribution in [2.45, 2.75) is 6.54 Å². The van der Waals surface area contributed by atoms with Gasteiger partial charge >= 0.3 is 0 Å². The van der Waals surface area contributed by atoms with Gasteiger partial charge in [0.1, 0.15) is 18.1 Å². The summed E-state index contributed by atoms with van der Waals surface area (Å²) in [6.45, 7) is 1.70. The Morgan fingerprint density at radius 2 is 1.77 bits per heavy atom. The number of aliphatic imine (C=N–C) groups is 1. The number of benzene rings is 1. The number of hydrogen-bond donors (Lipinski definition) is 2. The number of pyridine rings is 1. The minimum absolute atomic E-state index is 0. The number of ether oxygens (including phenoxy) is 3. The molecule has 8 heteroatoms. The molecule has 0 spiro atoms. The van der Waals surface area contributed by atoms with Crippen LogP contribution < -0.4 is 24.8 Å². The van der Waals surface area contributed by atoms with Gasteiger partial charge in [-0.05, 0) is 30.3 Å². The molecule has 1 heterocycles. The van der Waals surface area contributed by atoms with Gasteiger partial charge in [-0.15, -0.1) is 24.0 Å². The molecule has 26 heavy (non-hydrogen) atoms. The molecule has 0 aliphatic carbocycles. The van der Waals surface area contributed by atoms with E-state index in [1.165, 1.54) is 0 Å². The minimum Gasteiger partial charge on any atom is -0.497 e. The minimum atomic E-state index is 0. The summed E-state index contributed by atoms with van der Waals surface area (Å²) in [6, 6.07) is 11.3. The Morgan fingerprint density at radius 1 is 1.04 bits per heavy atom. The molecule has 0 bridgehead atoms. The highest BCUT2D eigenvalue weighted by molar-refractivity contribution is 14.0. The lowest BCUT2D eigenvalue weighted by Gasteiger charge is -2.13. The molecule has 1 aromatic heterocycles. The first-order chi connectivity index (χ1) is 12.3. The second kappa shape index (κ2) is 12.2. The fourth-order valence-corrected chi connectivity index (χ4v) is 2.15. The molecule has 0 aliphatic rings.